The second kappa shape index (κ2) is 9.30. The fraction of sp³-hybridized carbons (Fsp3) is 0.350. The zero-order valence-electron chi connectivity index (χ0n) is 17.6. The van der Waals surface area contributed by atoms with Gasteiger partial charge in [-0.25, -0.2) is 23.4 Å². The first-order valence-electron chi connectivity index (χ1n) is 10.0. The van der Waals surface area contributed by atoms with Gasteiger partial charge in [-0.3, -0.25) is 4.57 Å². The Morgan fingerprint density at radius 1 is 1.23 bits per heavy atom. The molecule has 1 saturated heterocycles. The molecule has 4 atom stereocenters. The Kier molecular flexibility index (Phi) is 6.55. The Bertz CT molecular complexity index is 1260. The fourth-order valence-corrected chi connectivity index (χ4v) is 3.86. The van der Waals surface area contributed by atoms with Crippen LogP contribution in [-0.2, 0) is 25.5 Å². The minimum absolute atomic E-state index is 0.0191. The number of benzene rings is 1. The highest BCUT2D eigenvalue weighted by Gasteiger charge is 2.52. The number of aliphatic hydroxyl groups excluding tert-OH is 1. The molecule has 2 aromatic heterocycles. The number of carboxylic acid groups (broad SMARTS) is 2. The van der Waals surface area contributed by atoms with Gasteiger partial charge in [0.2, 0.25) is 5.28 Å². The topological polar surface area (TPSA) is 183 Å². The number of nitrogens with zero attached hydrogens (tertiary/aromatic N) is 4. The largest absolute Gasteiger partial charge is 0.479 e. The number of aromatic nitrogens is 4. The number of aliphatic hydroxyl groups is 1. The molecule has 1 aliphatic rings. The lowest BCUT2D eigenvalue weighted by Gasteiger charge is -2.27. The van der Waals surface area contributed by atoms with Gasteiger partial charge in [0.1, 0.15) is 23.5 Å². The van der Waals surface area contributed by atoms with Gasteiger partial charge < -0.3 is 30.5 Å². The molecule has 0 spiro atoms. The van der Waals surface area contributed by atoms with Crippen molar-refractivity contribution in [3.63, 3.8) is 0 Å². The average molecular weight is 514 g/mol. The molecule has 1 fully saturated rings. The number of hydrogen-bond acceptors (Lipinski definition) is 9. The number of rotatable bonds is 8. The van der Waals surface area contributed by atoms with Crippen LogP contribution in [0.5, 0.6) is 0 Å². The highest BCUT2D eigenvalue weighted by atomic mass is 35.5. The molecule has 15 heteroatoms. The Balaban J connectivity index is 1.57. The van der Waals surface area contributed by atoms with Gasteiger partial charge in [-0.15, -0.1) is 0 Å². The maximum atomic E-state index is 15.0. The monoisotopic (exact) mass is 513 g/mol. The van der Waals surface area contributed by atoms with Crippen LogP contribution < -0.4 is 5.73 Å². The standard InChI is InChI=1S/C20H18ClF2N5O7/c21-19-26-14(24)12-15(27-19)28(7-25-12)16-11(23)13(29)10(35-16)6-34-20(17(30)31,18(32)33)5-8-1-3-9(22)4-2-8/h1-4,7,10-11,13,16,29H,5-6H2,(H,30,31)(H,32,33)(H2,24,26,27)/t10-,11+,13-,16-/m1/s1. The molecule has 0 unspecified atom stereocenters. The van der Waals surface area contributed by atoms with Crippen molar-refractivity contribution < 1.29 is 43.2 Å². The van der Waals surface area contributed by atoms with Crippen LogP contribution >= 0.6 is 11.6 Å². The highest BCUT2D eigenvalue weighted by molar-refractivity contribution is 6.28. The van der Waals surface area contributed by atoms with E-state index in [0.717, 1.165) is 23.0 Å². The maximum absolute atomic E-state index is 15.0. The summed E-state index contributed by atoms with van der Waals surface area (Å²) in [6.07, 6.45) is -6.37. The third-order valence-electron chi connectivity index (χ3n) is 5.54. The molecule has 12 nitrogen and oxygen atoms in total. The zero-order chi connectivity index (χ0) is 25.5. The van der Waals surface area contributed by atoms with Crippen LogP contribution in [0.3, 0.4) is 0 Å². The van der Waals surface area contributed by atoms with E-state index in [-0.39, 0.29) is 27.8 Å². The second-order valence-corrected chi connectivity index (χ2v) is 8.09. The first-order valence-corrected chi connectivity index (χ1v) is 10.4. The first kappa shape index (κ1) is 24.7. The molecule has 0 saturated carbocycles. The lowest BCUT2D eigenvalue weighted by atomic mass is 9.94. The fourth-order valence-electron chi connectivity index (χ4n) is 3.69. The van der Waals surface area contributed by atoms with E-state index in [0.29, 0.717) is 0 Å². The van der Waals surface area contributed by atoms with Gasteiger partial charge in [0.15, 0.2) is 23.9 Å². The van der Waals surface area contributed by atoms with Gasteiger partial charge in [0.25, 0.3) is 5.60 Å². The van der Waals surface area contributed by atoms with Crippen molar-refractivity contribution in [2.45, 2.75) is 36.6 Å². The predicted octanol–water partition coefficient (Wildman–Crippen LogP) is 0.965. The predicted molar refractivity (Wildman–Crippen MR) is 114 cm³/mol. The summed E-state index contributed by atoms with van der Waals surface area (Å²) in [5.74, 6) is -4.37. The summed E-state index contributed by atoms with van der Waals surface area (Å²) in [6, 6.07) is 4.47. The molecule has 186 valence electrons. The summed E-state index contributed by atoms with van der Waals surface area (Å²) in [5.41, 5.74) is 3.20. The number of imidazole rings is 1. The van der Waals surface area contributed by atoms with Crippen LogP contribution in [0.25, 0.3) is 11.2 Å². The summed E-state index contributed by atoms with van der Waals surface area (Å²) >= 11 is 5.81. The van der Waals surface area contributed by atoms with Gasteiger partial charge in [-0.2, -0.15) is 9.97 Å². The Labute approximate surface area is 199 Å². The number of aliphatic carboxylic acids is 2. The zero-order valence-corrected chi connectivity index (χ0v) is 18.3. The van der Waals surface area contributed by atoms with E-state index in [1.807, 2.05) is 0 Å². The molecule has 4 rings (SSSR count). The number of ether oxygens (including phenoxy) is 2. The van der Waals surface area contributed by atoms with E-state index in [2.05, 4.69) is 15.0 Å². The number of carbonyl (C=O) groups is 2. The minimum atomic E-state index is -2.82. The van der Waals surface area contributed by atoms with Crippen molar-refractivity contribution in [3.05, 3.63) is 47.3 Å². The molecular formula is C20H18ClF2N5O7. The van der Waals surface area contributed by atoms with Gasteiger partial charge in [0.05, 0.1) is 12.9 Å². The number of fused-ring (bicyclic) bond motifs is 1. The highest BCUT2D eigenvalue weighted by Crippen LogP contribution is 2.35. The summed E-state index contributed by atoms with van der Waals surface area (Å²) in [5, 5.41) is 29.5. The third kappa shape index (κ3) is 4.48. The molecule has 5 N–H and O–H groups in total. The molecule has 35 heavy (non-hydrogen) atoms. The molecule has 1 aliphatic heterocycles. The Hall–Kier alpha value is -3.46. The van der Waals surface area contributed by atoms with E-state index in [4.69, 9.17) is 26.8 Å². The Morgan fingerprint density at radius 2 is 1.89 bits per heavy atom. The molecule has 1 aromatic carbocycles. The molecule has 3 aromatic rings. The van der Waals surface area contributed by atoms with Crippen LogP contribution in [-0.4, -0.2) is 77.4 Å². The lowest BCUT2D eigenvalue weighted by Crippen LogP contribution is -2.52. The number of nitrogen functional groups attached to an aromatic ring is 1. The van der Waals surface area contributed by atoms with E-state index in [9.17, 15) is 33.7 Å². The number of anilines is 1. The quantitative estimate of drug-likeness (QED) is 0.248. The van der Waals surface area contributed by atoms with Crippen LogP contribution in [0, 0.1) is 5.82 Å². The van der Waals surface area contributed by atoms with Crippen molar-refractivity contribution in [1.82, 2.24) is 19.5 Å². The van der Waals surface area contributed by atoms with Crippen molar-refractivity contribution in [2.24, 2.45) is 0 Å². The van der Waals surface area contributed by atoms with E-state index in [1.165, 1.54) is 12.1 Å². The van der Waals surface area contributed by atoms with Crippen LogP contribution in [0.4, 0.5) is 14.6 Å². The normalized spacial score (nSPS) is 22.5. The van der Waals surface area contributed by atoms with Crippen molar-refractivity contribution in [3.8, 4) is 0 Å². The van der Waals surface area contributed by atoms with Crippen LogP contribution in [0.15, 0.2) is 30.6 Å². The minimum Gasteiger partial charge on any atom is -0.479 e. The number of alkyl halides is 1. The molecule has 0 bridgehead atoms. The van der Waals surface area contributed by atoms with Gasteiger partial charge in [-0.05, 0) is 29.3 Å². The second-order valence-electron chi connectivity index (χ2n) is 7.75. The van der Waals surface area contributed by atoms with Crippen LogP contribution in [0.2, 0.25) is 5.28 Å². The van der Waals surface area contributed by atoms with Crippen molar-refractivity contribution in [1.29, 1.82) is 0 Å². The van der Waals surface area contributed by atoms with Crippen molar-refractivity contribution in [2.75, 3.05) is 12.3 Å². The summed E-state index contributed by atoms with van der Waals surface area (Å²) in [7, 11) is 0. The molecule has 0 radical (unpaired) electrons. The summed E-state index contributed by atoms with van der Waals surface area (Å²) < 4.78 is 40.1. The lowest BCUT2D eigenvalue weighted by molar-refractivity contribution is -0.190. The number of carboxylic acids is 2. The van der Waals surface area contributed by atoms with Crippen LogP contribution in [0.1, 0.15) is 11.8 Å². The van der Waals surface area contributed by atoms with E-state index >= 15 is 0 Å². The molecule has 0 amide bonds. The Morgan fingerprint density at radius 3 is 2.51 bits per heavy atom. The van der Waals surface area contributed by atoms with E-state index in [1.54, 1.807) is 0 Å². The summed E-state index contributed by atoms with van der Waals surface area (Å²) in [4.78, 5) is 35.5. The van der Waals surface area contributed by atoms with Gasteiger partial charge >= 0.3 is 11.9 Å². The maximum Gasteiger partial charge on any atom is 0.348 e. The summed E-state index contributed by atoms with van der Waals surface area (Å²) in [6.45, 7) is -0.803. The third-order valence-corrected chi connectivity index (χ3v) is 5.71. The number of hydrogen-bond donors (Lipinski definition) is 4. The van der Waals surface area contributed by atoms with Gasteiger partial charge in [0, 0.05) is 6.42 Å². The van der Waals surface area contributed by atoms with E-state index < -0.39 is 61.0 Å². The molecule has 0 aliphatic carbocycles. The average Bonchev–Trinajstić information content (AvgIpc) is 3.33. The first-order chi connectivity index (χ1) is 16.5. The smallest absolute Gasteiger partial charge is 0.348 e. The SMILES string of the molecule is Nc1nc(Cl)nc2c1ncn2[C@@H]1O[C@H](COC(Cc2ccc(F)cc2)(C(=O)O)C(=O)O)[C@@H](O)[C@@H]1F. The number of nitrogens with two attached hydrogens (primary N) is 1. The van der Waals surface area contributed by atoms with Gasteiger partial charge in [-0.1, -0.05) is 12.1 Å². The molecule has 3 heterocycles. The number of halogens is 3. The molecular weight excluding hydrogens is 496 g/mol. The van der Waals surface area contributed by atoms with Crippen molar-refractivity contribution >= 4 is 40.5 Å².